The van der Waals surface area contributed by atoms with Crippen LogP contribution >= 0.6 is 22.9 Å². The normalized spacial score (nSPS) is 15.6. The van der Waals surface area contributed by atoms with E-state index in [2.05, 4.69) is 25.8 Å². The number of nitrogen functional groups attached to an aromatic ring is 1. The van der Waals surface area contributed by atoms with Crippen molar-refractivity contribution in [1.29, 1.82) is 0 Å². The first-order valence-electron chi connectivity index (χ1n) is 8.28. The summed E-state index contributed by atoms with van der Waals surface area (Å²) in [5, 5.41) is 10.0. The van der Waals surface area contributed by atoms with E-state index in [9.17, 15) is 13.2 Å². The molecular weight excluding hydrogens is 408 g/mol. The molecule has 2 aromatic rings. The average Bonchev–Trinajstić information content (AvgIpc) is 3.28. The third-order valence-corrected chi connectivity index (χ3v) is 8.40. The monoisotopic (exact) mass is 430 g/mol. The quantitative estimate of drug-likeness (QED) is 0.759. The maximum absolute atomic E-state index is 12.0. The summed E-state index contributed by atoms with van der Waals surface area (Å²) in [7, 11) is -3.80. The van der Waals surface area contributed by atoms with Crippen molar-refractivity contribution in [2.75, 3.05) is 5.73 Å². The first-order chi connectivity index (χ1) is 12.3. The van der Waals surface area contributed by atoms with Crippen LogP contribution in [0.15, 0.2) is 29.2 Å². The van der Waals surface area contributed by atoms with Gasteiger partial charge in [0.05, 0.1) is 10.6 Å². The predicted octanol–water partition coefficient (Wildman–Crippen LogP) is 4.06. The van der Waals surface area contributed by atoms with Gasteiger partial charge >= 0.3 is 5.97 Å². The lowest BCUT2D eigenvalue weighted by Crippen LogP contribution is -2.32. The van der Waals surface area contributed by atoms with Crippen LogP contribution in [0.3, 0.4) is 0 Å². The predicted molar refractivity (Wildman–Crippen MR) is 108 cm³/mol. The van der Waals surface area contributed by atoms with Crippen LogP contribution in [0, 0.1) is 6.92 Å². The molecule has 0 spiro atoms. The van der Waals surface area contributed by atoms with Crippen LogP contribution in [0.5, 0.6) is 0 Å². The number of aliphatic carboxylic acids is 1. The molecule has 148 valence electrons. The molecule has 0 saturated heterocycles. The molecule has 0 atom stereocenters. The molecule has 3 N–H and O–H groups in total. The van der Waals surface area contributed by atoms with Gasteiger partial charge in [0.1, 0.15) is 0 Å². The van der Waals surface area contributed by atoms with Crippen LogP contribution in [-0.4, -0.2) is 29.2 Å². The third-order valence-electron chi connectivity index (χ3n) is 4.23. The van der Waals surface area contributed by atoms with Gasteiger partial charge in [-0.3, -0.25) is 4.79 Å². The highest BCUT2D eigenvalue weighted by molar-refractivity contribution is 7.94. The number of hydrogen-bond acceptors (Lipinski definition) is 6. The zero-order valence-corrected chi connectivity index (χ0v) is 18.0. The highest BCUT2D eigenvalue weighted by atomic mass is 35.5. The lowest BCUT2D eigenvalue weighted by atomic mass is 9.94. The first kappa shape index (κ1) is 21.7. The molecule has 6 nitrogen and oxygen atoms in total. The van der Waals surface area contributed by atoms with E-state index in [1.165, 1.54) is 29.1 Å². The Morgan fingerprint density at radius 2 is 1.78 bits per heavy atom. The molecule has 1 aliphatic rings. The molecule has 0 unspecified atom stereocenters. The Balaban J connectivity index is 0.000000208. The summed E-state index contributed by atoms with van der Waals surface area (Å²) in [5.74, 6) is -1.28. The number of aromatic nitrogens is 1. The molecule has 1 heterocycles. The molecule has 0 radical (unpaired) electrons. The van der Waals surface area contributed by atoms with Crippen LogP contribution in [0.1, 0.15) is 44.2 Å². The van der Waals surface area contributed by atoms with Gasteiger partial charge in [0, 0.05) is 9.90 Å². The number of carbonyl (C=O) groups is 1. The van der Waals surface area contributed by atoms with E-state index in [1.807, 2.05) is 6.92 Å². The van der Waals surface area contributed by atoms with Gasteiger partial charge in [-0.25, -0.2) is 13.4 Å². The number of benzene rings is 1. The maximum atomic E-state index is 12.0. The highest BCUT2D eigenvalue weighted by Crippen LogP contribution is 2.47. The zero-order valence-electron chi connectivity index (χ0n) is 15.6. The molecule has 3 rings (SSSR count). The lowest BCUT2D eigenvalue weighted by molar-refractivity contribution is -0.137. The lowest BCUT2D eigenvalue weighted by Gasteiger charge is -2.16. The molecule has 0 bridgehead atoms. The van der Waals surface area contributed by atoms with Crippen molar-refractivity contribution in [3.05, 3.63) is 39.9 Å². The Morgan fingerprint density at radius 1 is 1.26 bits per heavy atom. The van der Waals surface area contributed by atoms with Crippen molar-refractivity contribution in [2.45, 2.75) is 55.6 Å². The third kappa shape index (κ3) is 4.44. The Bertz CT molecular complexity index is 941. The molecule has 1 aromatic heterocycles. The Labute approximate surface area is 168 Å². The molecule has 1 fully saturated rings. The van der Waals surface area contributed by atoms with Crippen molar-refractivity contribution < 1.29 is 18.3 Å². The van der Waals surface area contributed by atoms with Crippen LogP contribution in [0.25, 0.3) is 0 Å². The van der Waals surface area contributed by atoms with Gasteiger partial charge in [-0.1, -0.05) is 32.4 Å². The van der Waals surface area contributed by atoms with Gasteiger partial charge < -0.3 is 10.8 Å². The molecule has 1 aliphatic carbocycles. The van der Waals surface area contributed by atoms with Crippen molar-refractivity contribution in [3.63, 3.8) is 0 Å². The molecule has 1 aromatic carbocycles. The van der Waals surface area contributed by atoms with Crippen LogP contribution in [0.2, 0.25) is 5.02 Å². The highest BCUT2D eigenvalue weighted by Gasteiger charge is 2.61. The molecule has 0 aliphatic heterocycles. The summed E-state index contributed by atoms with van der Waals surface area (Å²) in [5.41, 5.74) is 6.83. The molecular formula is C18H23ClN2O4S2. The Morgan fingerprint density at radius 3 is 2.07 bits per heavy atom. The maximum Gasteiger partial charge on any atom is 0.325 e. The number of carboxylic acid groups (broad SMARTS) is 1. The van der Waals surface area contributed by atoms with Crippen molar-refractivity contribution >= 4 is 43.9 Å². The number of sulfone groups is 1. The summed E-state index contributed by atoms with van der Waals surface area (Å²) in [4.78, 5) is 16.4. The Kier molecular flexibility index (Phi) is 5.94. The second kappa shape index (κ2) is 7.41. The average molecular weight is 431 g/mol. The van der Waals surface area contributed by atoms with Gasteiger partial charge in [0.2, 0.25) is 0 Å². The number of carboxylic acids is 1. The molecule has 9 heteroatoms. The van der Waals surface area contributed by atoms with E-state index in [0.29, 0.717) is 10.2 Å². The fourth-order valence-corrected chi connectivity index (χ4v) is 5.50. The van der Waals surface area contributed by atoms with E-state index in [4.69, 9.17) is 22.4 Å². The van der Waals surface area contributed by atoms with Crippen molar-refractivity contribution in [3.8, 4) is 0 Å². The Hall–Kier alpha value is -1.64. The van der Waals surface area contributed by atoms with Gasteiger partial charge in [0.15, 0.2) is 19.7 Å². The minimum Gasteiger partial charge on any atom is -0.480 e. The summed E-state index contributed by atoms with van der Waals surface area (Å²) in [6.45, 7) is 8.53. The van der Waals surface area contributed by atoms with Gasteiger partial charge in [-0.2, -0.15) is 0 Å². The van der Waals surface area contributed by atoms with Crippen molar-refractivity contribution in [1.82, 2.24) is 4.98 Å². The van der Waals surface area contributed by atoms with E-state index < -0.39 is 20.6 Å². The van der Waals surface area contributed by atoms with Crippen molar-refractivity contribution in [2.24, 2.45) is 0 Å². The fourth-order valence-electron chi connectivity index (χ4n) is 2.66. The molecule has 0 amide bonds. The number of anilines is 1. The topological polar surface area (TPSA) is 110 Å². The summed E-state index contributed by atoms with van der Waals surface area (Å²) in [6, 6.07) is 5.54. The first-order valence-corrected chi connectivity index (χ1v) is 11.0. The number of halogens is 1. The number of hydrogen-bond donors (Lipinski definition) is 2. The fraction of sp³-hybridized carbons (Fsp3) is 0.444. The second-order valence-corrected chi connectivity index (χ2v) is 11.2. The second-order valence-electron chi connectivity index (χ2n) is 7.47. The minimum absolute atomic E-state index is 0.0109. The number of nitrogens with two attached hydrogens (primary N) is 1. The smallest absolute Gasteiger partial charge is 0.325 e. The van der Waals surface area contributed by atoms with E-state index in [1.54, 1.807) is 11.3 Å². The number of rotatable bonds is 3. The molecule has 27 heavy (non-hydrogen) atoms. The largest absolute Gasteiger partial charge is 0.480 e. The minimum atomic E-state index is -3.80. The van der Waals surface area contributed by atoms with Gasteiger partial charge in [0.25, 0.3) is 0 Å². The molecule has 1 saturated carbocycles. The van der Waals surface area contributed by atoms with Crippen LogP contribution in [0.4, 0.5) is 5.13 Å². The summed E-state index contributed by atoms with van der Waals surface area (Å²) in [6.07, 6.45) is 0.348. The SMILES string of the molecule is Cc1nc(N)sc1C(C)(C)C.O=C(O)C1(S(=O)(=O)c2ccc(Cl)cc2)CC1. The standard InChI is InChI=1S/C10H9ClO4S.C8H14N2S/c11-7-1-3-8(4-2-7)16(14,15)10(5-6-10)9(12)13;1-5-6(8(2,3)4)11-7(9)10-5/h1-4H,5-6H2,(H,12,13);1-4H3,(H2,9,10). The summed E-state index contributed by atoms with van der Waals surface area (Å²) >= 11 is 7.23. The van der Waals surface area contributed by atoms with Gasteiger partial charge in [-0.15, -0.1) is 11.3 Å². The van der Waals surface area contributed by atoms with E-state index in [0.717, 1.165) is 5.69 Å². The van der Waals surface area contributed by atoms with E-state index >= 15 is 0 Å². The number of nitrogens with zero attached hydrogens (tertiary/aromatic N) is 1. The van der Waals surface area contributed by atoms with E-state index in [-0.39, 0.29) is 23.2 Å². The number of thiazole rings is 1. The zero-order chi connectivity index (χ0) is 20.6. The van der Waals surface area contributed by atoms with Crippen LogP contribution < -0.4 is 5.73 Å². The van der Waals surface area contributed by atoms with Crippen LogP contribution in [-0.2, 0) is 20.0 Å². The summed E-state index contributed by atoms with van der Waals surface area (Å²) < 4.78 is 22.5. The van der Waals surface area contributed by atoms with Gasteiger partial charge in [-0.05, 0) is 49.4 Å². The number of aryl methyl sites for hydroxylation is 1.